The standard InChI is InChI=1S/C8H13NO6/c1-5(13)9-7(4-12)8(14)15-6(2-10)3-11/h2,4,6-8,11,14H,3H2,1H3,(H,9,13)/t6-,7+,8+/m0/s1. The summed E-state index contributed by atoms with van der Waals surface area (Å²) in [5, 5.41) is 19.9. The number of amides is 1. The SMILES string of the molecule is CC(=O)N[C@H](C=O)[C@H](O)O[C@@H](C=O)CO. The molecule has 0 radical (unpaired) electrons. The molecule has 7 nitrogen and oxygen atoms in total. The first-order valence-electron chi connectivity index (χ1n) is 4.17. The molecule has 0 aliphatic rings. The lowest BCUT2D eigenvalue weighted by molar-refractivity contribution is -0.168. The molecule has 0 aromatic rings. The van der Waals surface area contributed by atoms with Gasteiger partial charge >= 0.3 is 0 Å². The monoisotopic (exact) mass is 219 g/mol. The van der Waals surface area contributed by atoms with Crippen LogP contribution in [0.2, 0.25) is 0 Å². The second-order valence-electron chi connectivity index (χ2n) is 2.75. The highest BCUT2D eigenvalue weighted by atomic mass is 16.6. The number of carbonyl (C=O) groups excluding carboxylic acids is 3. The van der Waals surface area contributed by atoms with Crippen LogP contribution >= 0.6 is 0 Å². The first-order valence-corrected chi connectivity index (χ1v) is 4.17. The van der Waals surface area contributed by atoms with E-state index in [9.17, 15) is 19.5 Å². The molecule has 0 bridgehead atoms. The lowest BCUT2D eigenvalue weighted by Gasteiger charge is -2.20. The summed E-state index contributed by atoms with van der Waals surface area (Å²) in [6.07, 6.45) is -2.35. The van der Waals surface area contributed by atoms with Crippen molar-refractivity contribution in [2.24, 2.45) is 0 Å². The van der Waals surface area contributed by atoms with E-state index in [4.69, 9.17) is 5.11 Å². The number of carbonyl (C=O) groups is 3. The summed E-state index contributed by atoms with van der Waals surface area (Å²) in [6.45, 7) is 0.540. The molecule has 0 aromatic heterocycles. The van der Waals surface area contributed by atoms with E-state index >= 15 is 0 Å². The zero-order chi connectivity index (χ0) is 11.8. The third-order valence-electron chi connectivity index (χ3n) is 1.47. The van der Waals surface area contributed by atoms with E-state index in [1.165, 1.54) is 0 Å². The van der Waals surface area contributed by atoms with Crippen molar-refractivity contribution in [3.63, 3.8) is 0 Å². The van der Waals surface area contributed by atoms with Crippen LogP contribution in [0.3, 0.4) is 0 Å². The smallest absolute Gasteiger partial charge is 0.217 e. The highest BCUT2D eigenvalue weighted by Crippen LogP contribution is 1.98. The number of ether oxygens (including phenoxy) is 1. The van der Waals surface area contributed by atoms with Gasteiger partial charge in [0.1, 0.15) is 18.4 Å². The van der Waals surface area contributed by atoms with Crippen LogP contribution in [-0.4, -0.2) is 53.7 Å². The lowest BCUT2D eigenvalue weighted by atomic mass is 10.3. The molecule has 0 saturated heterocycles. The van der Waals surface area contributed by atoms with Gasteiger partial charge in [-0.2, -0.15) is 0 Å². The molecule has 0 aliphatic carbocycles. The third kappa shape index (κ3) is 5.21. The fourth-order valence-electron chi connectivity index (χ4n) is 0.789. The van der Waals surface area contributed by atoms with E-state index in [0.29, 0.717) is 0 Å². The van der Waals surface area contributed by atoms with E-state index in [1.807, 2.05) is 0 Å². The number of nitrogens with one attached hydrogen (secondary N) is 1. The average Bonchev–Trinajstić information content (AvgIpc) is 2.21. The molecule has 0 spiro atoms. The molecule has 0 fully saturated rings. The molecular formula is C8H13NO6. The summed E-state index contributed by atoms with van der Waals surface area (Å²) < 4.78 is 4.59. The van der Waals surface area contributed by atoms with Gasteiger partial charge in [0.05, 0.1) is 6.61 Å². The first kappa shape index (κ1) is 13.7. The van der Waals surface area contributed by atoms with Gasteiger partial charge < -0.3 is 29.9 Å². The van der Waals surface area contributed by atoms with Crippen molar-refractivity contribution in [2.45, 2.75) is 25.4 Å². The minimum atomic E-state index is -1.67. The molecule has 0 saturated carbocycles. The van der Waals surface area contributed by atoms with Crippen LogP contribution in [0.15, 0.2) is 0 Å². The zero-order valence-corrected chi connectivity index (χ0v) is 8.12. The van der Waals surface area contributed by atoms with Crippen LogP contribution in [-0.2, 0) is 19.1 Å². The second-order valence-corrected chi connectivity index (χ2v) is 2.75. The summed E-state index contributed by atoms with van der Waals surface area (Å²) in [5.74, 6) is -0.526. The van der Waals surface area contributed by atoms with E-state index in [-0.39, 0.29) is 12.6 Å². The Morgan fingerprint density at radius 1 is 1.47 bits per heavy atom. The van der Waals surface area contributed by atoms with Crippen LogP contribution in [0.5, 0.6) is 0 Å². The predicted molar refractivity (Wildman–Crippen MR) is 47.7 cm³/mol. The van der Waals surface area contributed by atoms with Crippen molar-refractivity contribution in [1.82, 2.24) is 5.32 Å². The van der Waals surface area contributed by atoms with Gasteiger partial charge in [0.15, 0.2) is 12.6 Å². The molecule has 1 amide bonds. The molecule has 3 atom stereocenters. The number of rotatable bonds is 7. The van der Waals surface area contributed by atoms with Crippen molar-refractivity contribution < 1.29 is 29.3 Å². The molecule has 15 heavy (non-hydrogen) atoms. The van der Waals surface area contributed by atoms with E-state index in [0.717, 1.165) is 6.92 Å². The Morgan fingerprint density at radius 3 is 2.40 bits per heavy atom. The Kier molecular flexibility index (Phi) is 6.43. The lowest BCUT2D eigenvalue weighted by Crippen LogP contribution is -2.46. The first-order chi connectivity index (χ1) is 7.04. The van der Waals surface area contributed by atoms with Crippen molar-refractivity contribution in [1.29, 1.82) is 0 Å². The van der Waals surface area contributed by atoms with Gasteiger partial charge in [0, 0.05) is 6.92 Å². The van der Waals surface area contributed by atoms with Crippen molar-refractivity contribution >= 4 is 18.5 Å². The normalized spacial score (nSPS) is 16.2. The molecule has 7 heteroatoms. The quantitative estimate of drug-likeness (QED) is 0.324. The summed E-state index contributed by atoms with van der Waals surface area (Å²) in [7, 11) is 0. The zero-order valence-electron chi connectivity index (χ0n) is 8.12. The topological polar surface area (TPSA) is 113 Å². The molecule has 3 N–H and O–H groups in total. The van der Waals surface area contributed by atoms with Gasteiger partial charge in [0.2, 0.25) is 5.91 Å². The Labute approximate surface area is 86.0 Å². The summed E-state index contributed by atoms with van der Waals surface area (Å²) >= 11 is 0. The fraction of sp³-hybridized carbons (Fsp3) is 0.625. The number of hydrogen-bond acceptors (Lipinski definition) is 6. The number of aliphatic hydroxyl groups is 2. The molecule has 0 aliphatic heterocycles. The van der Waals surface area contributed by atoms with Crippen LogP contribution in [0.25, 0.3) is 0 Å². The largest absolute Gasteiger partial charge is 0.393 e. The maximum atomic E-state index is 10.6. The number of aliphatic hydroxyl groups excluding tert-OH is 2. The minimum Gasteiger partial charge on any atom is -0.393 e. The minimum absolute atomic E-state index is 0.269. The second kappa shape index (κ2) is 7.04. The van der Waals surface area contributed by atoms with E-state index in [2.05, 4.69) is 10.1 Å². The van der Waals surface area contributed by atoms with Gasteiger partial charge in [-0.25, -0.2) is 0 Å². The van der Waals surface area contributed by atoms with Gasteiger partial charge in [-0.05, 0) is 0 Å². The molecule has 0 heterocycles. The van der Waals surface area contributed by atoms with Crippen LogP contribution in [0.1, 0.15) is 6.92 Å². The Bertz CT molecular complexity index is 231. The van der Waals surface area contributed by atoms with Gasteiger partial charge in [-0.1, -0.05) is 0 Å². The van der Waals surface area contributed by atoms with Crippen molar-refractivity contribution in [3.05, 3.63) is 0 Å². The third-order valence-corrected chi connectivity index (χ3v) is 1.47. The molecule has 0 rings (SSSR count). The summed E-state index contributed by atoms with van der Waals surface area (Å²) in [6, 6.07) is -1.27. The molecule has 86 valence electrons. The van der Waals surface area contributed by atoms with Gasteiger partial charge in [-0.3, -0.25) is 4.79 Å². The Balaban J connectivity index is 4.24. The molecule has 0 aromatic carbocycles. The summed E-state index contributed by atoms with van der Waals surface area (Å²) in [5.41, 5.74) is 0. The van der Waals surface area contributed by atoms with Crippen molar-refractivity contribution in [2.75, 3.05) is 6.61 Å². The van der Waals surface area contributed by atoms with Crippen LogP contribution in [0, 0.1) is 0 Å². The Morgan fingerprint density at radius 2 is 2.07 bits per heavy atom. The van der Waals surface area contributed by atoms with E-state index < -0.39 is 30.9 Å². The molecular weight excluding hydrogens is 206 g/mol. The van der Waals surface area contributed by atoms with Gasteiger partial charge in [-0.15, -0.1) is 0 Å². The average molecular weight is 219 g/mol. The highest BCUT2D eigenvalue weighted by Gasteiger charge is 2.23. The fourth-order valence-corrected chi connectivity index (χ4v) is 0.789. The summed E-state index contributed by atoms with van der Waals surface area (Å²) in [4.78, 5) is 31.3. The highest BCUT2D eigenvalue weighted by molar-refractivity contribution is 5.77. The predicted octanol–water partition coefficient (Wildman–Crippen LogP) is -2.42. The Hall–Kier alpha value is -1.31. The van der Waals surface area contributed by atoms with Crippen molar-refractivity contribution in [3.8, 4) is 0 Å². The van der Waals surface area contributed by atoms with E-state index in [1.54, 1.807) is 0 Å². The van der Waals surface area contributed by atoms with Crippen LogP contribution in [0.4, 0.5) is 0 Å². The molecule has 0 unspecified atom stereocenters. The maximum Gasteiger partial charge on any atom is 0.217 e. The number of aldehydes is 2. The number of hydrogen-bond donors (Lipinski definition) is 3. The maximum absolute atomic E-state index is 10.6. The van der Waals surface area contributed by atoms with Crippen LogP contribution < -0.4 is 5.32 Å². The van der Waals surface area contributed by atoms with Gasteiger partial charge in [0.25, 0.3) is 0 Å².